The van der Waals surface area contributed by atoms with Gasteiger partial charge in [0.25, 0.3) is 0 Å². The third kappa shape index (κ3) is 4.43. The van der Waals surface area contributed by atoms with Crippen LogP contribution >= 0.6 is 11.6 Å². The third-order valence-corrected chi connectivity index (χ3v) is 4.56. The summed E-state index contributed by atoms with van der Waals surface area (Å²) in [7, 11) is 1.46. The zero-order chi connectivity index (χ0) is 21.0. The second-order valence-corrected chi connectivity index (χ2v) is 6.61. The van der Waals surface area contributed by atoms with Crippen molar-refractivity contribution in [2.24, 2.45) is 5.92 Å². The molecule has 1 saturated heterocycles. The summed E-state index contributed by atoms with van der Waals surface area (Å²) in [4.78, 5) is 38.9. The van der Waals surface area contributed by atoms with Crippen LogP contribution in [0.4, 0.5) is 16.2 Å². The Bertz CT molecular complexity index is 932. The van der Waals surface area contributed by atoms with E-state index in [2.05, 4.69) is 10.6 Å². The molecular weight excluding hydrogens is 398 g/mol. The molecule has 0 aliphatic carbocycles. The monoisotopic (exact) mass is 417 g/mol. The van der Waals surface area contributed by atoms with Crippen molar-refractivity contribution in [3.05, 3.63) is 47.5 Å². The zero-order valence-corrected chi connectivity index (χ0v) is 16.7. The van der Waals surface area contributed by atoms with Gasteiger partial charge in [-0.25, -0.2) is 9.69 Å². The molecule has 0 saturated carbocycles. The predicted octanol–water partition coefficient (Wildman–Crippen LogP) is 3.06. The van der Waals surface area contributed by atoms with Gasteiger partial charge in [0.15, 0.2) is 0 Å². The summed E-state index contributed by atoms with van der Waals surface area (Å²) in [6.07, 6.45) is 0. The highest BCUT2D eigenvalue weighted by atomic mass is 35.5. The minimum atomic E-state index is -1.11. The van der Waals surface area contributed by atoms with E-state index in [9.17, 15) is 14.4 Å². The van der Waals surface area contributed by atoms with E-state index in [0.717, 1.165) is 4.90 Å². The molecule has 2 aromatic carbocycles. The predicted molar refractivity (Wildman–Crippen MR) is 109 cm³/mol. The van der Waals surface area contributed by atoms with E-state index in [0.29, 0.717) is 34.5 Å². The third-order valence-electron chi connectivity index (χ3n) is 4.32. The van der Waals surface area contributed by atoms with E-state index in [1.54, 1.807) is 36.4 Å². The lowest BCUT2D eigenvalue weighted by Crippen LogP contribution is -2.58. The first-order valence-corrected chi connectivity index (χ1v) is 9.31. The van der Waals surface area contributed by atoms with Crippen LogP contribution in [0.2, 0.25) is 5.02 Å². The van der Waals surface area contributed by atoms with Gasteiger partial charge in [-0.15, -0.1) is 0 Å². The molecule has 1 aliphatic heterocycles. The summed E-state index contributed by atoms with van der Waals surface area (Å²) in [6, 6.07) is 10.6. The maximum Gasteiger partial charge on any atom is 0.328 e. The lowest BCUT2D eigenvalue weighted by atomic mass is 10.0. The Morgan fingerprint density at radius 1 is 1.24 bits per heavy atom. The number of imide groups is 1. The van der Waals surface area contributed by atoms with Crippen molar-refractivity contribution in [2.75, 3.05) is 30.5 Å². The summed E-state index contributed by atoms with van der Waals surface area (Å²) >= 11 is 5.98. The van der Waals surface area contributed by atoms with Gasteiger partial charge >= 0.3 is 6.03 Å². The molecule has 0 radical (unpaired) electrons. The molecule has 2 N–H and O–H groups in total. The Morgan fingerprint density at radius 3 is 2.62 bits per heavy atom. The molecule has 1 atom stereocenters. The Kier molecular flexibility index (Phi) is 6.23. The quantitative estimate of drug-likeness (QED) is 0.704. The Hall–Kier alpha value is -3.26. The average molecular weight is 418 g/mol. The molecule has 29 heavy (non-hydrogen) atoms. The molecule has 1 fully saturated rings. The number of hydrogen-bond donors (Lipinski definition) is 2. The van der Waals surface area contributed by atoms with Gasteiger partial charge in [0.2, 0.25) is 11.8 Å². The van der Waals surface area contributed by atoms with Crippen LogP contribution in [0, 0.1) is 5.92 Å². The van der Waals surface area contributed by atoms with Crippen LogP contribution in [0.25, 0.3) is 0 Å². The van der Waals surface area contributed by atoms with Crippen molar-refractivity contribution in [3.63, 3.8) is 0 Å². The van der Waals surface area contributed by atoms with Crippen LogP contribution in [0.5, 0.6) is 11.5 Å². The van der Waals surface area contributed by atoms with Crippen LogP contribution in [0.1, 0.15) is 6.92 Å². The summed E-state index contributed by atoms with van der Waals surface area (Å²) < 4.78 is 10.6. The van der Waals surface area contributed by atoms with E-state index in [1.165, 1.54) is 13.2 Å². The van der Waals surface area contributed by atoms with Gasteiger partial charge < -0.3 is 20.1 Å². The Balaban J connectivity index is 1.80. The van der Waals surface area contributed by atoms with Crippen LogP contribution in [0.15, 0.2) is 42.5 Å². The first-order chi connectivity index (χ1) is 13.9. The van der Waals surface area contributed by atoms with E-state index >= 15 is 0 Å². The number of amides is 4. The zero-order valence-electron chi connectivity index (χ0n) is 15.9. The van der Waals surface area contributed by atoms with E-state index in [4.69, 9.17) is 21.1 Å². The van der Waals surface area contributed by atoms with Crippen molar-refractivity contribution < 1.29 is 23.9 Å². The molecule has 9 heteroatoms. The van der Waals surface area contributed by atoms with E-state index in [1.807, 2.05) is 6.92 Å². The van der Waals surface area contributed by atoms with Gasteiger partial charge in [-0.1, -0.05) is 11.6 Å². The molecular formula is C20H20ClN3O5. The first-order valence-electron chi connectivity index (χ1n) is 8.93. The lowest BCUT2D eigenvalue weighted by molar-refractivity contribution is -0.130. The summed E-state index contributed by atoms with van der Waals surface area (Å²) in [5, 5.41) is 5.63. The molecule has 0 aromatic heterocycles. The number of urea groups is 1. The SMILES string of the molecule is CCOc1ccc(N2C(=O)NCC(C(=O)Nc3cc(Cl)ccc3OC)C2=O)cc1. The van der Waals surface area contributed by atoms with Gasteiger partial charge in [-0.05, 0) is 49.4 Å². The number of carbonyl (C=O) groups is 3. The molecule has 4 amide bonds. The minimum absolute atomic E-state index is 0.111. The summed E-state index contributed by atoms with van der Waals surface area (Å²) in [5.41, 5.74) is 0.677. The molecule has 1 unspecified atom stereocenters. The fraction of sp³-hybridized carbons (Fsp3) is 0.250. The summed E-state index contributed by atoms with van der Waals surface area (Å²) in [5.74, 6) is -1.30. The second kappa shape index (κ2) is 8.83. The van der Waals surface area contributed by atoms with E-state index < -0.39 is 23.8 Å². The fourth-order valence-electron chi connectivity index (χ4n) is 2.92. The molecule has 1 heterocycles. The van der Waals surface area contributed by atoms with E-state index in [-0.39, 0.29) is 6.54 Å². The normalized spacial score (nSPS) is 16.2. The number of nitrogens with one attached hydrogen (secondary N) is 2. The number of hydrogen-bond acceptors (Lipinski definition) is 5. The number of ether oxygens (including phenoxy) is 2. The highest BCUT2D eigenvalue weighted by Gasteiger charge is 2.39. The number of halogens is 1. The van der Waals surface area contributed by atoms with Crippen molar-refractivity contribution in [3.8, 4) is 11.5 Å². The topological polar surface area (TPSA) is 97.0 Å². The Labute approximate surface area is 172 Å². The standard InChI is InChI=1S/C20H20ClN3O5/c1-3-29-14-7-5-13(6-8-14)24-19(26)15(11-22-20(24)27)18(25)23-16-10-12(21)4-9-17(16)28-2/h4-10,15H,3,11H2,1-2H3,(H,22,27)(H,23,25). The fourth-order valence-corrected chi connectivity index (χ4v) is 3.09. The first kappa shape index (κ1) is 20.5. The maximum atomic E-state index is 12.9. The smallest absolute Gasteiger partial charge is 0.328 e. The second-order valence-electron chi connectivity index (χ2n) is 6.17. The Morgan fingerprint density at radius 2 is 1.97 bits per heavy atom. The van der Waals surface area contributed by atoms with Crippen molar-refractivity contribution in [1.29, 1.82) is 0 Å². The van der Waals surface area contributed by atoms with Crippen LogP contribution in [-0.4, -0.2) is 38.1 Å². The lowest BCUT2D eigenvalue weighted by Gasteiger charge is -2.30. The van der Waals surface area contributed by atoms with Gasteiger partial charge in [0.05, 0.1) is 25.1 Å². The van der Waals surface area contributed by atoms with Gasteiger partial charge in [-0.2, -0.15) is 0 Å². The average Bonchev–Trinajstić information content (AvgIpc) is 2.69. The number of methoxy groups -OCH3 is 1. The molecule has 2 aromatic rings. The van der Waals surface area contributed by atoms with Crippen LogP contribution in [0.3, 0.4) is 0 Å². The molecule has 0 spiro atoms. The molecule has 0 bridgehead atoms. The van der Waals surface area contributed by atoms with Gasteiger partial charge in [0, 0.05) is 11.6 Å². The maximum absolute atomic E-state index is 12.9. The number of carbonyl (C=O) groups excluding carboxylic acids is 3. The summed E-state index contributed by atoms with van der Waals surface area (Å²) in [6.45, 7) is 2.24. The number of nitrogens with zero attached hydrogens (tertiary/aromatic N) is 1. The molecule has 8 nitrogen and oxygen atoms in total. The minimum Gasteiger partial charge on any atom is -0.495 e. The highest BCUT2D eigenvalue weighted by Crippen LogP contribution is 2.29. The number of anilines is 2. The number of rotatable bonds is 6. The molecule has 152 valence electrons. The molecule has 1 aliphatic rings. The van der Waals surface area contributed by atoms with Crippen LogP contribution in [-0.2, 0) is 9.59 Å². The van der Waals surface area contributed by atoms with Gasteiger partial charge in [-0.3, -0.25) is 9.59 Å². The largest absolute Gasteiger partial charge is 0.495 e. The van der Waals surface area contributed by atoms with Gasteiger partial charge in [0.1, 0.15) is 17.4 Å². The molecule has 3 rings (SSSR count). The van der Waals surface area contributed by atoms with Crippen LogP contribution < -0.4 is 25.0 Å². The number of benzene rings is 2. The van der Waals surface area contributed by atoms with Crippen molar-refractivity contribution in [1.82, 2.24) is 5.32 Å². The highest BCUT2D eigenvalue weighted by molar-refractivity contribution is 6.31. The van der Waals surface area contributed by atoms with Crippen molar-refractivity contribution in [2.45, 2.75) is 6.92 Å². The van der Waals surface area contributed by atoms with Crippen molar-refractivity contribution >= 4 is 40.8 Å².